The van der Waals surface area contributed by atoms with Crippen LogP contribution in [0.4, 0.5) is 0 Å². The van der Waals surface area contributed by atoms with Gasteiger partial charge in [-0.25, -0.2) is 9.97 Å². The maximum Gasteiger partial charge on any atom is 0.0890 e. The fraction of sp³-hybridized carbons (Fsp3) is 0.438. The topological polar surface area (TPSA) is 65.9 Å². The summed E-state index contributed by atoms with van der Waals surface area (Å²) in [6, 6.07) is 7.63. The second kappa shape index (κ2) is 3.37. The number of carbonyl (C=O) groups excluding carboxylic acids is 1. The minimum Gasteiger partial charge on any atom is -0.549 e. The zero-order valence-corrected chi connectivity index (χ0v) is 11.5. The van der Waals surface area contributed by atoms with Crippen LogP contribution in [0.15, 0.2) is 24.3 Å². The molecule has 0 amide bonds. The number of hydrogen-bond donors (Lipinski definition) is 0. The predicted molar refractivity (Wildman–Crippen MR) is 72.0 cm³/mol. The number of fused-ring (bicyclic) bond motifs is 6. The third-order valence-corrected chi connectivity index (χ3v) is 5.46. The Bertz CT molecular complexity index is 753. The van der Waals surface area contributed by atoms with E-state index < -0.39 is 11.4 Å². The number of aliphatic carboxylic acids is 1. The minimum absolute atomic E-state index is 0.160. The van der Waals surface area contributed by atoms with Gasteiger partial charge in [0.25, 0.3) is 0 Å². The molecular formula is C16H15N2O2-. The summed E-state index contributed by atoms with van der Waals surface area (Å²) < 4.78 is 0. The van der Waals surface area contributed by atoms with Crippen LogP contribution in [0.25, 0.3) is 11.0 Å². The van der Waals surface area contributed by atoms with Crippen molar-refractivity contribution in [3.05, 3.63) is 35.7 Å². The van der Waals surface area contributed by atoms with Gasteiger partial charge in [0.15, 0.2) is 0 Å². The number of carboxylic acid groups (broad SMARTS) is 1. The van der Waals surface area contributed by atoms with E-state index in [1.165, 1.54) is 0 Å². The molecule has 2 aromatic rings. The van der Waals surface area contributed by atoms with Crippen molar-refractivity contribution in [3.8, 4) is 0 Å². The van der Waals surface area contributed by atoms with E-state index in [4.69, 9.17) is 4.98 Å². The Morgan fingerprint density at radius 3 is 2.55 bits per heavy atom. The molecule has 1 fully saturated rings. The molecule has 0 saturated heterocycles. The monoisotopic (exact) mass is 267 g/mol. The van der Waals surface area contributed by atoms with Crippen molar-refractivity contribution in [2.45, 2.75) is 38.0 Å². The molecule has 1 aromatic heterocycles. The summed E-state index contributed by atoms with van der Waals surface area (Å²) in [5, 5.41) is 11.9. The van der Waals surface area contributed by atoms with Gasteiger partial charge in [-0.15, -0.1) is 0 Å². The molecule has 2 atom stereocenters. The van der Waals surface area contributed by atoms with Crippen LogP contribution >= 0.6 is 0 Å². The first-order valence-electron chi connectivity index (χ1n) is 6.97. The molecular weight excluding hydrogens is 252 g/mol. The van der Waals surface area contributed by atoms with Gasteiger partial charge >= 0.3 is 0 Å². The molecule has 102 valence electrons. The zero-order chi connectivity index (χ0) is 14.1. The summed E-state index contributed by atoms with van der Waals surface area (Å²) in [4.78, 5) is 21.3. The molecule has 0 unspecified atom stereocenters. The van der Waals surface area contributed by atoms with Gasteiger partial charge in [0.2, 0.25) is 0 Å². The maximum atomic E-state index is 11.9. The van der Waals surface area contributed by atoms with Crippen molar-refractivity contribution in [3.63, 3.8) is 0 Å². The van der Waals surface area contributed by atoms with Gasteiger partial charge in [0.05, 0.1) is 33.8 Å². The Morgan fingerprint density at radius 1 is 1.25 bits per heavy atom. The summed E-state index contributed by atoms with van der Waals surface area (Å²) in [6.45, 7) is 4.02. The lowest BCUT2D eigenvalue weighted by molar-refractivity contribution is -0.317. The Labute approximate surface area is 116 Å². The predicted octanol–water partition coefficient (Wildman–Crippen LogP) is 1.53. The van der Waals surface area contributed by atoms with Crippen molar-refractivity contribution < 1.29 is 9.90 Å². The molecule has 4 nitrogen and oxygen atoms in total. The molecule has 2 aliphatic rings. The van der Waals surface area contributed by atoms with Gasteiger partial charge in [0, 0.05) is 5.92 Å². The lowest BCUT2D eigenvalue weighted by Gasteiger charge is -2.38. The molecule has 0 aliphatic heterocycles. The van der Waals surface area contributed by atoms with Crippen LogP contribution in [0.2, 0.25) is 0 Å². The fourth-order valence-corrected chi connectivity index (χ4v) is 4.28. The van der Waals surface area contributed by atoms with E-state index in [0.717, 1.165) is 23.1 Å². The highest BCUT2D eigenvalue weighted by molar-refractivity contribution is 5.85. The molecule has 2 bridgehead atoms. The van der Waals surface area contributed by atoms with Crippen LogP contribution in [-0.4, -0.2) is 15.9 Å². The SMILES string of the molecule is CC1(C)[C@H]2CC[C@@]1(C(=O)[O-])c1nc3ccccc3nc12. The second-order valence-electron chi connectivity index (χ2n) is 6.45. The average molecular weight is 267 g/mol. The van der Waals surface area contributed by atoms with Crippen molar-refractivity contribution in [1.29, 1.82) is 0 Å². The minimum atomic E-state index is -1.01. The highest BCUT2D eigenvalue weighted by Gasteiger charge is 2.64. The van der Waals surface area contributed by atoms with E-state index in [-0.39, 0.29) is 11.3 Å². The van der Waals surface area contributed by atoms with Crippen molar-refractivity contribution >= 4 is 17.0 Å². The largest absolute Gasteiger partial charge is 0.549 e. The molecule has 1 saturated carbocycles. The first-order chi connectivity index (χ1) is 9.48. The number of rotatable bonds is 1. The van der Waals surface area contributed by atoms with Crippen LogP contribution in [0.3, 0.4) is 0 Å². The molecule has 20 heavy (non-hydrogen) atoms. The maximum absolute atomic E-state index is 11.9. The summed E-state index contributed by atoms with van der Waals surface area (Å²) in [7, 11) is 0. The molecule has 0 radical (unpaired) electrons. The molecule has 2 aliphatic carbocycles. The van der Waals surface area contributed by atoms with Crippen molar-refractivity contribution in [2.24, 2.45) is 5.41 Å². The Morgan fingerprint density at radius 2 is 1.90 bits per heavy atom. The Hall–Kier alpha value is -1.97. The summed E-state index contributed by atoms with van der Waals surface area (Å²) in [5.74, 6) is -0.846. The number of para-hydroxylation sites is 2. The smallest absolute Gasteiger partial charge is 0.0890 e. The van der Waals surface area contributed by atoms with Gasteiger partial charge in [-0.2, -0.15) is 0 Å². The molecule has 4 heteroatoms. The van der Waals surface area contributed by atoms with Crippen molar-refractivity contribution in [1.82, 2.24) is 9.97 Å². The molecule has 4 rings (SSSR count). The van der Waals surface area contributed by atoms with Gasteiger partial charge in [-0.1, -0.05) is 26.0 Å². The van der Waals surface area contributed by atoms with Gasteiger partial charge < -0.3 is 9.90 Å². The first-order valence-corrected chi connectivity index (χ1v) is 6.97. The molecule has 1 heterocycles. The van der Waals surface area contributed by atoms with E-state index in [2.05, 4.69) is 4.98 Å². The van der Waals surface area contributed by atoms with E-state index in [1.807, 2.05) is 38.1 Å². The van der Waals surface area contributed by atoms with E-state index >= 15 is 0 Å². The van der Waals surface area contributed by atoms with Gasteiger partial charge in [0.1, 0.15) is 0 Å². The zero-order valence-electron chi connectivity index (χ0n) is 11.5. The van der Waals surface area contributed by atoms with E-state index in [9.17, 15) is 9.90 Å². The fourth-order valence-electron chi connectivity index (χ4n) is 4.28. The number of aromatic nitrogens is 2. The van der Waals surface area contributed by atoms with E-state index in [0.29, 0.717) is 12.1 Å². The lowest BCUT2D eigenvalue weighted by atomic mass is 9.68. The first kappa shape index (κ1) is 11.8. The number of nitrogens with zero attached hydrogens (tertiary/aromatic N) is 2. The number of hydrogen-bond acceptors (Lipinski definition) is 4. The summed E-state index contributed by atoms with van der Waals surface area (Å²) >= 11 is 0. The van der Waals surface area contributed by atoms with Crippen LogP contribution < -0.4 is 5.11 Å². The van der Waals surface area contributed by atoms with Crippen LogP contribution in [0, 0.1) is 5.41 Å². The van der Waals surface area contributed by atoms with Gasteiger partial charge in [-0.05, 0) is 30.4 Å². The normalized spacial score (nSPS) is 29.6. The third-order valence-electron chi connectivity index (χ3n) is 5.46. The van der Waals surface area contributed by atoms with Crippen LogP contribution in [-0.2, 0) is 10.2 Å². The summed E-state index contributed by atoms with van der Waals surface area (Å²) in [5.41, 5.74) is 1.73. The third kappa shape index (κ3) is 1.08. The Kier molecular flexibility index (Phi) is 1.99. The summed E-state index contributed by atoms with van der Waals surface area (Å²) in [6.07, 6.45) is 1.45. The highest BCUT2D eigenvalue weighted by atomic mass is 16.4. The molecule has 1 aromatic carbocycles. The highest BCUT2D eigenvalue weighted by Crippen LogP contribution is 2.66. The lowest BCUT2D eigenvalue weighted by Crippen LogP contribution is -2.51. The van der Waals surface area contributed by atoms with E-state index in [1.54, 1.807) is 0 Å². The van der Waals surface area contributed by atoms with Crippen LogP contribution in [0.5, 0.6) is 0 Å². The van der Waals surface area contributed by atoms with Crippen LogP contribution in [0.1, 0.15) is 44.0 Å². The number of carboxylic acids is 1. The average Bonchev–Trinajstić information content (AvgIpc) is 2.79. The standard InChI is InChI=1S/C16H16N2O2/c1-15(2)9-7-8-16(15,14(19)20)13-12(9)17-10-5-3-4-6-11(10)18-13/h3-6,9H,7-8H2,1-2H3,(H,19,20)/p-1/t9-,16-/m0/s1. The molecule has 0 N–H and O–H groups in total. The quantitative estimate of drug-likeness (QED) is 0.786. The van der Waals surface area contributed by atoms with Crippen molar-refractivity contribution in [2.75, 3.05) is 0 Å². The number of carbonyl (C=O) groups is 1. The second-order valence-corrected chi connectivity index (χ2v) is 6.45. The number of benzene rings is 1. The Balaban J connectivity index is 2.10. The van der Waals surface area contributed by atoms with Gasteiger partial charge in [-0.3, -0.25) is 0 Å². The molecule has 0 spiro atoms.